The first-order valence-electron chi connectivity index (χ1n) is 6.12. The number of hydrogen-bond donors (Lipinski definition) is 1. The maximum Gasteiger partial charge on any atom is 0.251 e. The van der Waals surface area contributed by atoms with E-state index in [9.17, 15) is 4.79 Å². The van der Waals surface area contributed by atoms with Crippen molar-refractivity contribution in [2.75, 3.05) is 20.8 Å². The number of amides is 1. The van der Waals surface area contributed by atoms with Crippen molar-refractivity contribution in [2.24, 2.45) is 5.92 Å². The molecule has 1 aromatic rings. The second kappa shape index (κ2) is 6.89. The Morgan fingerprint density at radius 3 is 2.50 bits per heavy atom. The van der Waals surface area contributed by atoms with Crippen LogP contribution in [0.15, 0.2) is 18.2 Å². The lowest BCUT2D eigenvalue weighted by Gasteiger charge is -2.12. The van der Waals surface area contributed by atoms with Crippen LogP contribution >= 0.6 is 0 Å². The molecule has 0 aliphatic heterocycles. The Balaban J connectivity index is 2.74. The Hall–Kier alpha value is -1.71. The third-order valence-electron chi connectivity index (χ3n) is 2.95. The highest BCUT2D eigenvalue weighted by Crippen LogP contribution is 2.27. The summed E-state index contributed by atoms with van der Waals surface area (Å²) in [5.41, 5.74) is 0.580. The fraction of sp³-hybridized carbons (Fsp3) is 0.500. The van der Waals surface area contributed by atoms with Gasteiger partial charge in [0.25, 0.3) is 5.91 Å². The molecular weight excluding hydrogens is 230 g/mol. The van der Waals surface area contributed by atoms with E-state index in [2.05, 4.69) is 19.2 Å². The minimum atomic E-state index is -0.0868. The summed E-state index contributed by atoms with van der Waals surface area (Å²) in [7, 11) is 3.12. The van der Waals surface area contributed by atoms with Crippen molar-refractivity contribution in [1.82, 2.24) is 5.32 Å². The number of carbonyl (C=O) groups excluding carboxylic acids is 1. The number of benzene rings is 1. The van der Waals surface area contributed by atoms with Crippen molar-refractivity contribution in [2.45, 2.75) is 20.3 Å². The van der Waals surface area contributed by atoms with Crippen LogP contribution in [0.1, 0.15) is 30.6 Å². The quantitative estimate of drug-likeness (QED) is 0.845. The molecule has 0 saturated carbocycles. The maximum absolute atomic E-state index is 11.9. The molecule has 4 nitrogen and oxygen atoms in total. The lowest BCUT2D eigenvalue weighted by atomic mass is 10.1. The molecule has 0 aromatic heterocycles. The SMILES string of the molecule is CC[C@@H](C)CNC(=O)c1ccc(OC)c(OC)c1. The topological polar surface area (TPSA) is 47.6 Å². The molecule has 1 aromatic carbocycles. The van der Waals surface area contributed by atoms with Crippen LogP contribution in [0.2, 0.25) is 0 Å². The zero-order valence-corrected chi connectivity index (χ0v) is 11.4. The van der Waals surface area contributed by atoms with Crippen molar-refractivity contribution in [3.63, 3.8) is 0 Å². The van der Waals surface area contributed by atoms with E-state index in [-0.39, 0.29) is 5.91 Å². The van der Waals surface area contributed by atoms with Gasteiger partial charge >= 0.3 is 0 Å². The van der Waals surface area contributed by atoms with Crippen LogP contribution in [-0.2, 0) is 0 Å². The molecule has 0 aliphatic rings. The lowest BCUT2D eigenvalue weighted by Crippen LogP contribution is -2.28. The first-order valence-corrected chi connectivity index (χ1v) is 6.12. The second-order valence-electron chi connectivity index (χ2n) is 4.29. The molecule has 1 amide bonds. The molecule has 0 saturated heterocycles. The average molecular weight is 251 g/mol. The summed E-state index contributed by atoms with van der Waals surface area (Å²) in [4.78, 5) is 11.9. The summed E-state index contributed by atoms with van der Waals surface area (Å²) >= 11 is 0. The number of rotatable bonds is 6. The minimum Gasteiger partial charge on any atom is -0.493 e. The normalized spacial score (nSPS) is 11.8. The van der Waals surface area contributed by atoms with Crippen LogP contribution in [0, 0.1) is 5.92 Å². The lowest BCUT2D eigenvalue weighted by molar-refractivity contribution is 0.0947. The molecule has 0 heterocycles. The highest BCUT2D eigenvalue weighted by Gasteiger charge is 2.11. The molecule has 0 radical (unpaired) electrons. The molecule has 1 N–H and O–H groups in total. The van der Waals surface area contributed by atoms with Gasteiger partial charge < -0.3 is 14.8 Å². The smallest absolute Gasteiger partial charge is 0.251 e. The Morgan fingerprint density at radius 1 is 1.28 bits per heavy atom. The highest BCUT2D eigenvalue weighted by molar-refractivity contribution is 5.94. The fourth-order valence-electron chi connectivity index (χ4n) is 1.49. The Bertz CT molecular complexity index is 404. The molecule has 0 bridgehead atoms. The molecule has 4 heteroatoms. The van der Waals surface area contributed by atoms with E-state index in [4.69, 9.17) is 9.47 Å². The van der Waals surface area contributed by atoms with Crippen molar-refractivity contribution < 1.29 is 14.3 Å². The van der Waals surface area contributed by atoms with Gasteiger partial charge in [0.2, 0.25) is 0 Å². The molecule has 100 valence electrons. The van der Waals surface area contributed by atoms with E-state index >= 15 is 0 Å². The molecular formula is C14H21NO3. The summed E-state index contributed by atoms with van der Waals surface area (Å²) in [6.07, 6.45) is 1.05. The zero-order chi connectivity index (χ0) is 13.5. The van der Waals surface area contributed by atoms with E-state index < -0.39 is 0 Å². The van der Waals surface area contributed by atoms with Gasteiger partial charge in [0.15, 0.2) is 11.5 Å². The maximum atomic E-state index is 11.9. The molecule has 1 rings (SSSR count). The summed E-state index contributed by atoms with van der Waals surface area (Å²) in [5.74, 6) is 1.58. The van der Waals surface area contributed by atoms with Gasteiger partial charge in [0, 0.05) is 12.1 Å². The fourth-order valence-corrected chi connectivity index (χ4v) is 1.49. The van der Waals surface area contributed by atoms with Gasteiger partial charge in [0.1, 0.15) is 0 Å². The molecule has 0 spiro atoms. The first kappa shape index (κ1) is 14.4. The molecule has 0 unspecified atom stereocenters. The van der Waals surface area contributed by atoms with Gasteiger partial charge in [-0.25, -0.2) is 0 Å². The minimum absolute atomic E-state index is 0.0868. The van der Waals surface area contributed by atoms with Crippen LogP contribution in [-0.4, -0.2) is 26.7 Å². The zero-order valence-electron chi connectivity index (χ0n) is 11.4. The molecule has 1 atom stereocenters. The van der Waals surface area contributed by atoms with E-state index in [1.54, 1.807) is 32.4 Å². The van der Waals surface area contributed by atoms with E-state index in [1.807, 2.05) is 0 Å². The van der Waals surface area contributed by atoms with Crippen molar-refractivity contribution in [1.29, 1.82) is 0 Å². The van der Waals surface area contributed by atoms with E-state index in [0.717, 1.165) is 6.42 Å². The Morgan fingerprint density at radius 2 is 1.94 bits per heavy atom. The van der Waals surface area contributed by atoms with Crippen LogP contribution in [0.25, 0.3) is 0 Å². The van der Waals surface area contributed by atoms with Gasteiger partial charge in [-0.05, 0) is 24.1 Å². The van der Waals surface area contributed by atoms with Crippen LogP contribution in [0.3, 0.4) is 0 Å². The number of methoxy groups -OCH3 is 2. The standard InChI is InChI=1S/C14H21NO3/c1-5-10(2)9-15-14(16)11-6-7-12(17-3)13(8-11)18-4/h6-8,10H,5,9H2,1-4H3,(H,15,16)/t10-/m1/s1. The van der Waals surface area contributed by atoms with Crippen LogP contribution in [0.5, 0.6) is 11.5 Å². The van der Waals surface area contributed by atoms with Crippen molar-refractivity contribution in [3.05, 3.63) is 23.8 Å². The average Bonchev–Trinajstić information content (AvgIpc) is 2.43. The summed E-state index contributed by atoms with van der Waals surface area (Å²) < 4.78 is 10.3. The number of carbonyl (C=O) groups is 1. The van der Waals surface area contributed by atoms with Gasteiger partial charge in [-0.1, -0.05) is 20.3 Å². The molecule has 0 fully saturated rings. The van der Waals surface area contributed by atoms with Gasteiger partial charge in [0.05, 0.1) is 14.2 Å². The molecule has 0 aliphatic carbocycles. The van der Waals surface area contributed by atoms with Crippen LogP contribution < -0.4 is 14.8 Å². The van der Waals surface area contributed by atoms with Gasteiger partial charge in [-0.2, -0.15) is 0 Å². The van der Waals surface area contributed by atoms with Gasteiger partial charge in [-0.15, -0.1) is 0 Å². The first-order chi connectivity index (χ1) is 8.62. The summed E-state index contributed by atoms with van der Waals surface area (Å²) in [6.45, 7) is 4.89. The van der Waals surface area contributed by atoms with Crippen molar-refractivity contribution in [3.8, 4) is 11.5 Å². The number of hydrogen-bond acceptors (Lipinski definition) is 3. The highest BCUT2D eigenvalue weighted by atomic mass is 16.5. The predicted octanol–water partition coefficient (Wildman–Crippen LogP) is 2.48. The molecule has 18 heavy (non-hydrogen) atoms. The Labute approximate surface area is 108 Å². The third kappa shape index (κ3) is 3.65. The Kier molecular flexibility index (Phi) is 5.49. The predicted molar refractivity (Wildman–Crippen MR) is 71.3 cm³/mol. The monoisotopic (exact) mass is 251 g/mol. The summed E-state index contributed by atoms with van der Waals surface area (Å²) in [6, 6.07) is 5.15. The van der Waals surface area contributed by atoms with E-state index in [1.165, 1.54) is 0 Å². The third-order valence-corrected chi connectivity index (χ3v) is 2.95. The van der Waals surface area contributed by atoms with Gasteiger partial charge in [-0.3, -0.25) is 4.79 Å². The summed E-state index contributed by atoms with van der Waals surface area (Å²) in [5, 5.41) is 2.90. The van der Waals surface area contributed by atoms with E-state index in [0.29, 0.717) is 29.5 Å². The second-order valence-corrected chi connectivity index (χ2v) is 4.29. The number of nitrogens with one attached hydrogen (secondary N) is 1. The van der Waals surface area contributed by atoms with Crippen molar-refractivity contribution >= 4 is 5.91 Å². The number of ether oxygens (including phenoxy) is 2. The largest absolute Gasteiger partial charge is 0.493 e. The van der Waals surface area contributed by atoms with Crippen LogP contribution in [0.4, 0.5) is 0 Å².